The highest BCUT2D eigenvalue weighted by Crippen LogP contribution is 2.26. The molecule has 1 N–H and O–H groups in total. The molecule has 0 aromatic heterocycles. The van der Waals surface area contributed by atoms with Crippen molar-refractivity contribution < 1.29 is 23.1 Å². The van der Waals surface area contributed by atoms with Gasteiger partial charge in [-0.1, -0.05) is 13.0 Å². The van der Waals surface area contributed by atoms with E-state index in [1.807, 2.05) is 0 Å². The minimum absolute atomic E-state index is 0.108. The third-order valence-electron chi connectivity index (χ3n) is 2.59. The molecular weight excluding hydrogens is 259 g/mol. The first-order valence-corrected chi connectivity index (χ1v) is 5.90. The van der Waals surface area contributed by atoms with Crippen LogP contribution in [0.15, 0.2) is 18.2 Å². The molecule has 0 radical (unpaired) electrons. The number of benzene rings is 1. The summed E-state index contributed by atoms with van der Waals surface area (Å²) in [4.78, 5) is 12.2. The molecule has 106 valence electrons. The summed E-state index contributed by atoms with van der Waals surface area (Å²) in [5, 5.41) is 9.06. The number of anilines is 1. The largest absolute Gasteiger partial charge is 0.478 e. The molecule has 0 saturated heterocycles. The van der Waals surface area contributed by atoms with Crippen molar-refractivity contribution in [2.24, 2.45) is 0 Å². The van der Waals surface area contributed by atoms with Gasteiger partial charge in [-0.2, -0.15) is 13.2 Å². The van der Waals surface area contributed by atoms with E-state index in [1.165, 1.54) is 12.1 Å². The number of carbonyl (C=O) groups is 1. The fourth-order valence-corrected chi connectivity index (χ4v) is 1.86. The number of hydrogen-bond donors (Lipinski definition) is 1. The van der Waals surface area contributed by atoms with Crippen LogP contribution in [0.2, 0.25) is 0 Å². The number of aryl methyl sites for hydroxylation is 1. The van der Waals surface area contributed by atoms with Crippen molar-refractivity contribution >= 4 is 11.7 Å². The standard InChI is InChI=1S/C13H16F3NO2/c1-3-6-17(8-13(14,15)16)11-7-9(2)4-5-10(11)12(18)19/h4-5,7H,3,6,8H2,1-2H3,(H,18,19). The van der Waals surface area contributed by atoms with E-state index in [-0.39, 0.29) is 17.8 Å². The van der Waals surface area contributed by atoms with Crippen molar-refractivity contribution in [2.45, 2.75) is 26.4 Å². The number of carboxylic acids is 1. The van der Waals surface area contributed by atoms with Crippen LogP contribution in [-0.4, -0.2) is 30.3 Å². The lowest BCUT2D eigenvalue weighted by molar-refractivity contribution is -0.119. The predicted molar refractivity (Wildman–Crippen MR) is 66.7 cm³/mol. The molecule has 1 aromatic carbocycles. The second-order valence-electron chi connectivity index (χ2n) is 4.36. The molecule has 0 fully saturated rings. The molecule has 0 aliphatic carbocycles. The summed E-state index contributed by atoms with van der Waals surface area (Å²) >= 11 is 0. The highest BCUT2D eigenvalue weighted by Gasteiger charge is 2.32. The lowest BCUT2D eigenvalue weighted by atomic mass is 10.1. The van der Waals surface area contributed by atoms with Crippen LogP contribution < -0.4 is 4.90 Å². The average molecular weight is 275 g/mol. The molecule has 0 aliphatic rings. The Balaban J connectivity index is 3.20. The molecule has 1 aromatic rings. The summed E-state index contributed by atoms with van der Waals surface area (Å²) in [5.74, 6) is -1.22. The van der Waals surface area contributed by atoms with Crippen LogP contribution in [0, 0.1) is 6.92 Å². The molecule has 0 unspecified atom stereocenters. The zero-order valence-corrected chi connectivity index (χ0v) is 10.8. The summed E-state index contributed by atoms with van der Waals surface area (Å²) < 4.78 is 37.7. The van der Waals surface area contributed by atoms with Crippen molar-refractivity contribution in [3.05, 3.63) is 29.3 Å². The minimum Gasteiger partial charge on any atom is -0.478 e. The molecule has 1 rings (SSSR count). The smallest absolute Gasteiger partial charge is 0.405 e. The van der Waals surface area contributed by atoms with Gasteiger partial charge in [-0.05, 0) is 31.0 Å². The normalized spacial score (nSPS) is 11.4. The number of nitrogens with zero attached hydrogens (tertiary/aromatic N) is 1. The van der Waals surface area contributed by atoms with Crippen LogP contribution in [0.3, 0.4) is 0 Å². The lowest BCUT2D eigenvalue weighted by Crippen LogP contribution is -2.35. The molecule has 6 heteroatoms. The Labute approximate surface area is 109 Å². The van der Waals surface area contributed by atoms with Crippen molar-refractivity contribution in [3.63, 3.8) is 0 Å². The second kappa shape index (κ2) is 5.95. The Bertz CT molecular complexity index is 458. The van der Waals surface area contributed by atoms with E-state index in [9.17, 15) is 18.0 Å². The third-order valence-corrected chi connectivity index (χ3v) is 2.59. The Morgan fingerprint density at radius 1 is 1.37 bits per heavy atom. The number of alkyl halides is 3. The molecule has 0 amide bonds. The summed E-state index contributed by atoms with van der Waals surface area (Å²) in [5.41, 5.74) is 0.734. The van der Waals surface area contributed by atoms with Gasteiger partial charge in [0.15, 0.2) is 0 Å². The van der Waals surface area contributed by atoms with Gasteiger partial charge in [-0.25, -0.2) is 4.79 Å². The second-order valence-corrected chi connectivity index (χ2v) is 4.36. The number of halogens is 3. The molecule has 0 spiro atoms. The van der Waals surface area contributed by atoms with Gasteiger partial charge in [0.05, 0.1) is 11.3 Å². The monoisotopic (exact) mass is 275 g/mol. The van der Waals surface area contributed by atoms with Gasteiger partial charge in [-0.3, -0.25) is 0 Å². The molecule has 0 heterocycles. The highest BCUT2D eigenvalue weighted by molar-refractivity contribution is 5.94. The van der Waals surface area contributed by atoms with Crippen molar-refractivity contribution in [2.75, 3.05) is 18.0 Å². The van der Waals surface area contributed by atoms with Crippen molar-refractivity contribution in [3.8, 4) is 0 Å². The van der Waals surface area contributed by atoms with Crippen molar-refractivity contribution in [1.29, 1.82) is 0 Å². The van der Waals surface area contributed by atoms with E-state index in [4.69, 9.17) is 5.11 Å². The summed E-state index contributed by atoms with van der Waals surface area (Å²) in [7, 11) is 0. The Hall–Kier alpha value is -1.72. The number of carboxylic acid groups (broad SMARTS) is 1. The van der Waals surface area contributed by atoms with Crippen LogP contribution in [-0.2, 0) is 0 Å². The first-order valence-electron chi connectivity index (χ1n) is 5.90. The maximum Gasteiger partial charge on any atom is 0.405 e. The minimum atomic E-state index is -4.37. The number of hydrogen-bond acceptors (Lipinski definition) is 2. The van der Waals surface area contributed by atoms with Crippen LogP contribution in [0.25, 0.3) is 0 Å². The van der Waals surface area contributed by atoms with E-state index in [0.717, 1.165) is 10.5 Å². The first kappa shape index (κ1) is 15.3. The quantitative estimate of drug-likeness (QED) is 0.894. The predicted octanol–water partition coefficient (Wildman–Crippen LogP) is 3.47. The molecule has 0 saturated carbocycles. The Kier molecular flexibility index (Phi) is 4.80. The van der Waals surface area contributed by atoms with E-state index in [1.54, 1.807) is 19.9 Å². The van der Waals surface area contributed by atoms with Gasteiger partial charge < -0.3 is 10.0 Å². The number of aromatic carboxylic acids is 1. The van der Waals surface area contributed by atoms with E-state index >= 15 is 0 Å². The van der Waals surface area contributed by atoms with Gasteiger partial charge >= 0.3 is 12.1 Å². The maximum absolute atomic E-state index is 12.6. The lowest BCUT2D eigenvalue weighted by Gasteiger charge is -2.27. The third kappa shape index (κ3) is 4.46. The molecule has 0 aliphatic heterocycles. The van der Waals surface area contributed by atoms with Gasteiger partial charge in [0.1, 0.15) is 6.54 Å². The van der Waals surface area contributed by atoms with E-state index in [2.05, 4.69) is 0 Å². The van der Waals surface area contributed by atoms with Gasteiger partial charge in [0.25, 0.3) is 0 Å². The fourth-order valence-electron chi connectivity index (χ4n) is 1.86. The molecule has 0 bridgehead atoms. The van der Waals surface area contributed by atoms with Gasteiger partial charge in [-0.15, -0.1) is 0 Å². The van der Waals surface area contributed by atoms with E-state index in [0.29, 0.717) is 6.42 Å². The molecule has 0 atom stereocenters. The van der Waals surface area contributed by atoms with Crippen LogP contribution in [0.1, 0.15) is 29.3 Å². The van der Waals surface area contributed by atoms with Crippen molar-refractivity contribution in [1.82, 2.24) is 0 Å². The maximum atomic E-state index is 12.6. The van der Waals surface area contributed by atoms with Gasteiger partial charge in [0.2, 0.25) is 0 Å². The molecule has 19 heavy (non-hydrogen) atoms. The highest BCUT2D eigenvalue weighted by atomic mass is 19.4. The zero-order chi connectivity index (χ0) is 14.6. The van der Waals surface area contributed by atoms with Crippen LogP contribution in [0.4, 0.5) is 18.9 Å². The summed E-state index contributed by atoms with van der Waals surface area (Å²) in [6.45, 7) is 2.47. The fraction of sp³-hybridized carbons (Fsp3) is 0.462. The summed E-state index contributed by atoms with van der Waals surface area (Å²) in [6, 6.07) is 4.39. The van der Waals surface area contributed by atoms with Crippen LogP contribution >= 0.6 is 0 Å². The summed E-state index contributed by atoms with van der Waals surface area (Å²) in [6.07, 6.45) is -3.86. The Morgan fingerprint density at radius 3 is 2.47 bits per heavy atom. The topological polar surface area (TPSA) is 40.5 Å². The number of rotatable bonds is 5. The average Bonchev–Trinajstić information content (AvgIpc) is 2.26. The SMILES string of the molecule is CCCN(CC(F)(F)F)c1cc(C)ccc1C(=O)O. The molecular formula is C13H16F3NO2. The molecule has 3 nitrogen and oxygen atoms in total. The first-order chi connectivity index (χ1) is 8.74. The zero-order valence-electron chi connectivity index (χ0n) is 10.8. The van der Waals surface area contributed by atoms with E-state index < -0.39 is 18.7 Å². The Morgan fingerprint density at radius 2 is 2.00 bits per heavy atom. The van der Waals surface area contributed by atoms with Crippen LogP contribution in [0.5, 0.6) is 0 Å². The van der Waals surface area contributed by atoms with Gasteiger partial charge in [0, 0.05) is 6.54 Å².